The molecule has 0 bridgehead atoms. The Balaban J connectivity index is 2.38. The van der Waals surface area contributed by atoms with E-state index in [1.165, 1.54) is 24.3 Å². The van der Waals surface area contributed by atoms with Crippen molar-refractivity contribution in [2.75, 3.05) is 11.6 Å². The molecule has 0 saturated heterocycles. The Morgan fingerprint density at radius 1 is 1.05 bits per heavy atom. The third-order valence-corrected chi connectivity index (χ3v) is 3.81. The first-order valence-corrected chi connectivity index (χ1v) is 7.73. The third kappa shape index (κ3) is 3.63. The van der Waals surface area contributed by atoms with E-state index in [0.717, 1.165) is 18.4 Å². The summed E-state index contributed by atoms with van der Waals surface area (Å²) >= 11 is 0. The molecule has 0 saturated carbocycles. The first kappa shape index (κ1) is 15.1. The minimum atomic E-state index is -3.60. The number of nitrogens with one attached hydrogen (secondary N) is 1. The second kappa shape index (κ2) is 5.61. The van der Waals surface area contributed by atoms with Crippen molar-refractivity contribution in [1.29, 1.82) is 0 Å². The van der Waals surface area contributed by atoms with Gasteiger partial charge in [-0.2, -0.15) is 0 Å². The molecule has 21 heavy (non-hydrogen) atoms. The Kier molecular flexibility index (Phi) is 4.04. The molecule has 110 valence electrons. The van der Waals surface area contributed by atoms with Gasteiger partial charge in [-0.3, -0.25) is 4.79 Å². The average molecular weight is 311 g/mol. The molecule has 0 spiro atoms. The topological polar surface area (TPSA) is 63.2 Å². The van der Waals surface area contributed by atoms with Crippen LogP contribution in [-0.4, -0.2) is 20.6 Å². The van der Waals surface area contributed by atoms with Gasteiger partial charge in [0, 0.05) is 18.0 Å². The van der Waals surface area contributed by atoms with Crippen LogP contribution in [-0.2, 0) is 9.84 Å². The molecule has 0 atom stereocenters. The van der Waals surface area contributed by atoms with Gasteiger partial charge < -0.3 is 5.32 Å². The summed E-state index contributed by atoms with van der Waals surface area (Å²) in [5.41, 5.74) is -0.189. The molecular formula is C14H11F2NO3S. The monoisotopic (exact) mass is 311 g/mol. The first-order chi connectivity index (χ1) is 9.77. The predicted molar refractivity (Wildman–Crippen MR) is 73.9 cm³/mol. The van der Waals surface area contributed by atoms with Gasteiger partial charge in [0.1, 0.15) is 11.6 Å². The van der Waals surface area contributed by atoms with Crippen LogP contribution in [0.3, 0.4) is 0 Å². The molecule has 0 fully saturated rings. The highest BCUT2D eigenvalue weighted by molar-refractivity contribution is 7.90. The van der Waals surface area contributed by atoms with Gasteiger partial charge in [-0.15, -0.1) is 0 Å². The number of carbonyl (C=O) groups is 1. The van der Waals surface area contributed by atoms with Crippen molar-refractivity contribution in [1.82, 2.24) is 0 Å². The predicted octanol–water partition coefficient (Wildman–Crippen LogP) is 2.62. The van der Waals surface area contributed by atoms with Crippen LogP contribution in [0.5, 0.6) is 0 Å². The number of hydrogen-bond acceptors (Lipinski definition) is 3. The number of carbonyl (C=O) groups excluding carboxylic acids is 1. The lowest BCUT2D eigenvalue weighted by atomic mass is 10.2. The van der Waals surface area contributed by atoms with Gasteiger partial charge >= 0.3 is 0 Å². The van der Waals surface area contributed by atoms with Crippen LogP contribution in [0.25, 0.3) is 0 Å². The summed E-state index contributed by atoms with van der Waals surface area (Å²) in [7, 11) is -3.60. The summed E-state index contributed by atoms with van der Waals surface area (Å²) in [6.07, 6.45) is 0.973. The molecule has 0 aliphatic carbocycles. The highest BCUT2D eigenvalue weighted by Gasteiger charge is 2.18. The second-order valence-electron chi connectivity index (χ2n) is 4.38. The van der Waals surface area contributed by atoms with Crippen molar-refractivity contribution in [2.45, 2.75) is 4.90 Å². The molecule has 0 heterocycles. The number of halogens is 2. The zero-order valence-corrected chi connectivity index (χ0v) is 11.7. The maximum Gasteiger partial charge on any atom is 0.256 e. The van der Waals surface area contributed by atoms with Gasteiger partial charge in [-0.1, -0.05) is 12.1 Å². The zero-order valence-electron chi connectivity index (χ0n) is 10.9. The minimum Gasteiger partial charge on any atom is -0.322 e. The molecule has 4 nitrogen and oxygen atoms in total. The Bertz CT molecular complexity index is 783. The normalized spacial score (nSPS) is 11.2. The molecule has 2 aromatic rings. The van der Waals surface area contributed by atoms with Crippen molar-refractivity contribution in [3.63, 3.8) is 0 Å². The summed E-state index contributed by atoms with van der Waals surface area (Å²) in [5, 5.41) is 2.27. The van der Waals surface area contributed by atoms with Crippen LogP contribution in [0.2, 0.25) is 0 Å². The molecule has 0 radical (unpaired) electrons. The summed E-state index contributed by atoms with van der Waals surface area (Å²) in [4.78, 5) is 11.9. The Morgan fingerprint density at radius 2 is 1.62 bits per heavy atom. The Hall–Kier alpha value is -2.28. The van der Waals surface area contributed by atoms with E-state index in [1.807, 2.05) is 0 Å². The molecule has 1 N–H and O–H groups in total. The molecule has 0 aliphatic rings. The Labute approximate surface area is 120 Å². The highest BCUT2D eigenvalue weighted by atomic mass is 32.2. The third-order valence-electron chi connectivity index (χ3n) is 2.65. The molecular weight excluding hydrogens is 300 g/mol. The largest absolute Gasteiger partial charge is 0.322 e. The number of hydrogen-bond donors (Lipinski definition) is 1. The lowest BCUT2D eigenvalue weighted by molar-refractivity contribution is 0.102. The van der Waals surface area contributed by atoms with Crippen molar-refractivity contribution < 1.29 is 22.0 Å². The summed E-state index contributed by atoms with van der Waals surface area (Å²) < 4.78 is 49.4. The standard InChI is InChI=1S/C14H11F2NO3S/c1-21(19,20)13-5-3-2-4-12(13)14(18)17-11-7-9(15)6-10(16)8-11/h2-8H,1H3,(H,17,18). The van der Waals surface area contributed by atoms with Gasteiger partial charge in [-0.25, -0.2) is 17.2 Å². The van der Waals surface area contributed by atoms with Crippen LogP contribution >= 0.6 is 0 Å². The van der Waals surface area contributed by atoms with Gasteiger partial charge in [0.15, 0.2) is 9.84 Å². The van der Waals surface area contributed by atoms with E-state index in [4.69, 9.17) is 0 Å². The first-order valence-electron chi connectivity index (χ1n) is 5.84. The fourth-order valence-corrected chi connectivity index (χ4v) is 2.69. The average Bonchev–Trinajstić information content (AvgIpc) is 2.36. The number of benzene rings is 2. The molecule has 2 aromatic carbocycles. The molecule has 0 aromatic heterocycles. The van der Waals surface area contributed by atoms with E-state index in [2.05, 4.69) is 5.32 Å². The van der Waals surface area contributed by atoms with E-state index in [0.29, 0.717) is 6.07 Å². The van der Waals surface area contributed by atoms with Gasteiger partial charge in [0.25, 0.3) is 5.91 Å². The van der Waals surface area contributed by atoms with E-state index < -0.39 is 27.4 Å². The van der Waals surface area contributed by atoms with Crippen molar-refractivity contribution in [2.24, 2.45) is 0 Å². The van der Waals surface area contributed by atoms with Crippen molar-refractivity contribution in [3.05, 3.63) is 59.7 Å². The van der Waals surface area contributed by atoms with Crippen LogP contribution in [0.15, 0.2) is 47.4 Å². The lowest BCUT2D eigenvalue weighted by Gasteiger charge is -2.09. The number of amides is 1. The quantitative estimate of drug-likeness (QED) is 0.948. The van der Waals surface area contributed by atoms with E-state index >= 15 is 0 Å². The summed E-state index contributed by atoms with van der Waals surface area (Å²) in [6.45, 7) is 0. The molecule has 1 amide bonds. The molecule has 7 heteroatoms. The van der Waals surface area contributed by atoms with E-state index in [-0.39, 0.29) is 16.1 Å². The van der Waals surface area contributed by atoms with Crippen LogP contribution in [0.4, 0.5) is 14.5 Å². The van der Waals surface area contributed by atoms with Crippen LogP contribution < -0.4 is 5.32 Å². The van der Waals surface area contributed by atoms with E-state index in [9.17, 15) is 22.0 Å². The fraction of sp³-hybridized carbons (Fsp3) is 0.0714. The minimum absolute atomic E-state index is 0.0929. The van der Waals surface area contributed by atoms with Crippen molar-refractivity contribution >= 4 is 21.4 Å². The molecule has 0 aliphatic heterocycles. The maximum atomic E-state index is 13.1. The van der Waals surface area contributed by atoms with Crippen LogP contribution in [0, 0.1) is 11.6 Å². The van der Waals surface area contributed by atoms with Gasteiger partial charge in [0.05, 0.1) is 10.5 Å². The van der Waals surface area contributed by atoms with E-state index in [1.54, 1.807) is 0 Å². The summed E-state index contributed by atoms with van der Waals surface area (Å²) in [5.74, 6) is -2.45. The number of sulfone groups is 1. The lowest BCUT2D eigenvalue weighted by Crippen LogP contribution is -2.16. The second-order valence-corrected chi connectivity index (χ2v) is 6.36. The van der Waals surface area contributed by atoms with Crippen molar-refractivity contribution in [3.8, 4) is 0 Å². The summed E-state index contributed by atoms with van der Waals surface area (Å²) in [6, 6.07) is 8.12. The number of rotatable bonds is 3. The highest BCUT2D eigenvalue weighted by Crippen LogP contribution is 2.18. The molecule has 2 rings (SSSR count). The zero-order chi connectivity index (χ0) is 15.6. The van der Waals surface area contributed by atoms with Gasteiger partial charge in [-0.05, 0) is 24.3 Å². The maximum absolute atomic E-state index is 13.1. The SMILES string of the molecule is CS(=O)(=O)c1ccccc1C(=O)Nc1cc(F)cc(F)c1. The van der Waals surface area contributed by atoms with Gasteiger partial charge in [0.2, 0.25) is 0 Å². The van der Waals surface area contributed by atoms with Crippen LogP contribution in [0.1, 0.15) is 10.4 Å². The fourth-order valence-electron chi connectivity index (χ4n) is 1.80. The molecule has 0 unspecified atom stereocenters. The number of anilines is 1. The Morgan fingerprint density at radius 3 is 2.19 bits per heavy atom. The smallest absolute Gasteiger partial charge is 0.256 e.